The maximum absolute atomic E-state index is 12.1. The highest BCUT2D eigenvalue weighted by Crippen LogP contribution is 2.35. The normalized spacial score (nSPS) is 10.1. The Morgan fingerprint density at radius 3 is 2.44 bits per heavy atom. The first-order valence-electron chi connectivity index (χ1n) is 7.79. The van der Waals surface area contributed by atoms with Crippen LogP contribution in [0.1, 0.15) is 0 Å². The quantitative estimate of drug-likeness (QED) is 0.675. The lowest BCUT2D eigenvalue weighted by Crippen LogP contribution is -2.30. The van der Waals surface area contributed by atoms with Gasteiger partial charge in [-0.05, 0) is 12.1 Å². The van der Waals surface area contributed by atoms with Crippen LogP contribution in [-0.4, -0.2) is 56.3 Å². The fourth-order valence-corrected chi connectivity index (χ4v) is 2.33. The number of rotatable bonds is 8. The van der Waals surface area contributed by atoms with Gasteiger partial charge in [-0.2, -0.15) is 0 Å². The lowest BCUT2D eigenvalue weighted by Gasteiger charge is -2.16. The molecule has 0 spiro atoms. The molecule has 0 bridgehead atoms. The van der Waals surface area contributed by atoms with E-state index in [0.717, 1.165) is 0 Å². The SMILES string of the molecule is COc1cc(OC)c(NC(=O)COC(=O)CN(C)c2ncccn2)cc1Cl. The minimum absolute atomic E-state index is 0.102. The van der Waals surface area contributed by atoms with Crippen LogP contribution in [0.15, 0.2) is 30.6 Å². The van der Waals surface area contributed by atoms with Crippen molar-refractivity contribution in [2.45, 2.75) is 0 Å². The molecule has 0 unspecified atom stereocenters. The zero-order valence-electron chi connectivity index (χ0n) is 15.1. The van der Waals surface area contributed by atoms with E-state index in [1.54, 1.807) is 31.6 Å². The highest BCUT2D eigenvalue weighted by atomic mass is 35.5. The summed E-state index contributed by atoms with van der Waals surface area (Å²) in [5, 5.41) is 2.88. The molecule has 1 aromatic carbocycles. The molecular weight excluding hydrogens is 376 g/mol. The number of nitrogens with zero attached hydrogens (tertiary/aromatic N) is 3. The van der Waals surface area contributed by atoms with Crippen LogP contribution in [0.4, 0.5) is 11.6 Å². The maximum Gasteiger partial charge on any atom is 0.326 e. The van der Waals surface area contributed by atoms with Crippen molar-refractivity contribution >= 4 is 35.1 Å². The predicted octanol–water partition coefficient (Wildman–Crippen LogP) is 1.77. The van der Waals surface area contributed by atoms with E-state index in [0.29, 0.717) is 28.2 Å². The lowest BCUT2D eigenvalue weighted by atomic mass is 10.2. The second-order valence-electron chi connectivity index (χ2n) is 5.30. The van der Waals surface area contributed by atoms with E-state index in [4.69, 9.17) is 25.8 Å². The number of hydrogen-bond donors (Lipinski definition) is 1. The van der Waals surface area contributed by atoms with Crippen LogP contribution < -0.4 is 19.7 Å². The molecule has 0 fully saturated rings. The third-order valence-corrected chi connectivity index (χ3v) is 3.67. The zero-order chi connectivity index (χ0) is 19.8. The number of nitrogens with one attached hydrogen (secondary N) is 1. The Bertz CT molecular complexity index is 803. The summed E-state index contributed by atoms with van der Waals surface area (Å²) >= 11 is 6.05. The van der Waals surface area contributed by atoms with Gasteiger partial charge in [-0.15, -0.1) is 0 Å². The Morgan fingerprint density at radius 1 is 1.15 bits per heavy atom. The standard InChI is InChI=1S/C17H19ClN4O5/c1-22(17-19-5-4-6-20-17)9-16(24)27-10-15(23)21-12-7-11(18)13(25-2)8-14(12)26-3/h4-8H,9-10H2,1-3H3,(H,21,23). The van der Waals surface area contributed by atoms with Gasteiger partial charge in [-0.25, -0.2) is 9.97 Å². The summed E-state index contributed by atoms with van der Waals surface area (Å²) in [4.78, 5) is 33.5. The molecule has 2 rings (SSSR count). The van der Waals surface area contributed by atoms with Gasteiger partial charge in [0.1, 0.15) is 18.0 Å². The number of amides is 1. The molecule has 27 heavy (non-hydrogen) atoms. The summed E-state index contributed by atoms with van der Waals surface area (Å²) < 4.78 is 15.3. The Hall–Kier alpha value is -3.07. The van der Waals surface area contributed by atoms with Crippen LogP contribution in [-0.2, 0) is 14.3 Å². The first-order valence-corrected chi connectivity index (χ1v) is 8.17. The fraction of sp³-hybridized carbons (Fsp3) is 0.294. The number of esters is 1. The van der Waals surface area contributed by atoms with Gasteiger partial charge in [-0.3, -0.25) is 9.59 Å². The molecule has 144 valence electrons. The zero-order valence-corrected chi connectivity index (χ0v) is 15.8. The van der Waals surface area contributed by atoms with Gasteiger partial charge in [-0.1, -0.05) is 11.6 Å². The number of likely N-dealkylation sites (N-methyl/N-ethyl adjacent to an activating group) is 1. The minimum Gasteiger partial charge on any atom is -0.495 e. The largest absolute Gasteiger partial charge is 0.495 e. The first kappa shape index (κ1) is 20.2. The summed E-state index contributed by atoms with van der Waals surface area (Å²) in [6, 6.07) is 4.69. The Balaban J connectivity index is 1.89. The van der Waals surface area contributed by atoms with Crippen LogP contribution in [0, 0.1) is 0 Å². The van der Waals surface area contributed by atoms with Crippen LogP contribution >= 0.6 is 11.6 Å². The summed E-state index contributed by atoms with van der Waals surface area (Å²) in [6.07, 6.45) is 3.12. The van der Waals surface area contributed by atoms with Gasteiger partial charge in [0.2, 0.25) is 5.95 Å². The second-order valence-corrected chi connectivity index (χ2v) is 5.71. The average molecular weight is 395 g/mol. The monoisotopic (exact) mass is 394 g/mol. The highest BCUT2D eigenvalue weighted by molar-refractivity contribution is 6.32. The molecular formula is C17H19ClN4O5. The molecule has 1 amide bonds. The number of aromatic nitrogens is 2. The fourth-order valence-electron chi connectivity index (χ4n) is 2.09. The number of halogens is 1. The van der Waals surface area contributed by atoms with E-state index in [1.807, 2.05) is 0 Å². The lowest BCUT2D eigenvalue weighted by molar-refractivity contribution is -0.145. The van der Waals surface area contributed by atoms with Crippen molar-refractivity contribution in [3.05, 3.63) is 35.6 Å². The van der Waals surface area contributed by atoms with Gasteiger partial charge < -0.3 is 24.4 Å². The second kappa shape index (κ2) is 9.58. The molecule has 2 aromatic rings. The number of anilines is 2. The smallest absolute Gasteiger partial charge is 0.326 e. The van der Waals surface area contributed by atoms with Gasteiger partial charge >= 0.3 is 5.97 Å². The van der Waals surface area contributed by atoms with E-state index in [1.165, 1.54) is 25.2 Å². The predicted molar refractivity (Wildman–Crippen MR) is 99.4 cm³/mol. The van der Waals surface area contributed by atoms with Gasteiger partial charge in [0.25, 0.3) is 5.91 Å². The number of carbonyl (C=O) groups excluding carboxylic acids is 2. The molecule has 1 N–H and O–H groups in total. The summed E-state index contributed by atoms with van der Waals surface area (Å²) in [7, 11) is 4.55. The van der Waals surface area contributed by atoms with Crippen LogP contribution in [0.25, 0.3) is 0 Å². The van der Waals surface area contributed by atoms with Crippen LogP contribution in [0.5, 0.6) is 11.5 Å². The third kappa shape index (κ3) is 5.71. The van der Waals surface area contributed by atoms with E-state index >= 15 is 0 Å². The topological polar surface area (TPSA) is 103 Å². The highest BCUT2D eigenvalue weighted by Gasteiger charge is 2.15. The van der Waals surface area contributed by atoms with E-state index in [2.05, 4.69) is 15.3 Å². The molecule has 0 aliphatic carbocycles. The number of methoxy groups -OCH3 is 2. The number of hydrogen-bond acceptors (Lipinski definition) is 8. The van der Waals surface area contributed by atoms with Crippen molar-refractivity contribution in [2.75, 3.05) is 44.6 Å². The molecule has 0 saturated carbocycles. The molecule has 0 saturated heterocycles. The van der Waals surface area contributed by atoms with Gasteiger partial charge in [0.05, 0.1) is 24.9 Å². The van der Waals surface area contributed by atoms with E-state index < -0.39 is 18.5 Å². The van der Waals surface area contributed by atoms with E-state index in [9.17, 15) is 9.59 Å². The van der Waals surface area contributed by atoms with Crippen molar-refractivity contribution in [2.24, 2.45) is 0 Å². The molecule has 1 heterocycles. The van der Waals surface area contributed by atoms with Crippen LogP contribution in [0.2, 0.25) is 5.02 Å². The minimum atomic E-state index is -0.597. The van der Waals surface area contributed by atoms with Gasteiger partial charge in [0.15, 0.2) is 6.61 Å². The van der Waals surface area contributed by atoms with Crippen molar-refractivity contribution in [1.29, 1.82) is 0 Å². The van der Waals surface area contributed by atoms with Crippen LogP contribution in [0.3, 0.4) is 0 Å². The molecule has 1 aromatic heterocycles. The number of ether oxygens (including phenoxy) is 3. The molecule has 0 radical (unpaired) electrons. The number of benzene rings is 1. The molecule has 0 aliphatic rings. The summed E-state index contributed by atoms with van der Waals surface area (Å²) in [5.41, 5.74) is 0.333. The summed E-state index contributed by atoms with van der Waals surface area (Å²) in [6.45, 7) is -0.565. The molecule has 9 nitrogen and oxygen atoms in total. The van der Waals surface area contributed by atoms with Crippen molar-refractivity contribution in [3.8, 4) is 11.5 Å². The van der Waals surface area contributed by atoms with Crippen molar-refractivity contribution in [1.82, 2.24) is 9.97 Å². The van der Waals surface area contributed by atoms with Gasteiger partial charge in [0, 0.05) is 25.5 Å². The van der Waals surface area contributed by atoms with E-state index in [-0.39, 0.29) is 6.54 Å². The van der Waals surface area contributed by atoms with Crippen molar-refractivity contribution in [3.63, 3.8) is 0 Å². The Kier molecular flexibility index (Phi) is 7.18. The molecule has 0 aliphatic heterocycles. The van der Waals surface area contributed by atoms with Crippen molar-refractivity contribution < 1.29 is 23.8 Å². The number of carbonyl (C=O) groups is 2. The Labute approximate surface area is 161 Å². The first-order chi connectivity index (χ1) is 12.9. The maximum atomic E-state index is 12.1. The summed E-state index contributed by atoms with van der Waals surface area (Å²) in [5.74, 6) is -0.00107. The molecule has 10 heteroatoms. The average Bonchev–Trinajstić information content (AvgIpc) is 2.67. The Morgan fingerprint density at radius 2 is 1.81 bits per heavy atom. The third-order valence-electron chi connectivity index (χ3n) is 3.37. The molecule has 0 atom stereocenters.